The molecule has 2 heterocycles. The van der Waals surface area contributed by atoms with Crippen molar-refractivity contribution in [2.45, 2.75) is 6.42 Å². The molecule has 1 fully saturated rings. The van der Waals surface area contributed by atoms with Gasteiger partial charge in [-0.3, -0.25) is 4.79 Å². The molecule has 17 heavy (non-hydrogen) atoms. The summed E-state index contributed by atoms with van der Waals surface area (Å²) in [7, 11) is 1.69. The second-order valence-corrected chi connectivity index (χ2v) is 5.02. The fourth-order valence-corrected chi connectivity index (χ4v) is 2.42. The van der Waals surface area contributed by atoms with Gasteiger partial charge in [0, 0.05) is 26.1 Å². The number of likely N-dealkylation sites (tertiary alicyclic amines) is 1. The summed E-state index contributed by atoms with van der Waals surface area (Å²) in [4.78, 5) is 18.2. The third-order valence-electron chi connectivity index (χ3n) is 2.91. The second-order valence-electron chi connectivity index (χ2n) is 4.21. The summed E-state index contributed by atoms with van der Waals surface area (Å²) in [6.45, 7) is 2.28. The van der Waals surface area contributed by atoms with Crippen LogP contribution in [0.4, 0.5) is 0 Å². The van der Waals surface area contributed by atoms with E-state index in [0.29, 0.717) is 16.2 Å². The van der Waals surface area contributed by atoms with Gasteiger partial charge in [0.2, 0.25) is 0 Å². The van der Waals surface area contributed by atoms with Crippen LogP contribution in [-0.4, -0.2) is 42.6 Å². The summed E-state index contributed by atoms with van der Waals surface area (Å²) in [6, 6.07) is 5.39. The molecule has 0 saturated carbocycles. The molecule has 0 aromatic carbocycles. The first-order valence-electron chi connectivity index (χ1n) is 5.61. The van der Waals surface area contributed by atoms with Gasteiger partial charge in [-0.05, 0) is 34.5 Å². The lowest BCUT2D eigenvalue weighted by atomic mass is 10.1. The molecule has 0 N–H and O–H groups in total. The molecule has 1 atom stereocenters. The second kappa shape index (κ2) is 5.60. The molecule has 1 saturated heterocycles. The first kappa shape index (κ1) is 12.5. The summed E-state index contributed by atoms with van der Waals surface area (Å²) in [5, 5.41) is 0. The minimum Gasteiger partial charge on any atom is -0.384 e. The van der Waals surface area contributed by atoms with Crippen LogP contribution in [0.2, 0.25) is 0 Å². The highest BCUT2D eigenvalue weighted by Gasteiger charge is 2.27. The quantitative estimate of drug-likeness (QED) is 0.801. The third-order valence-corrected chi connectivity index (χ3v) is 3.35. The van der Waals surface area contributed by atoms with Gasteiger partial charge in [0.15, 0.2) is 0 Å². The summed E-state index contributed by atoms with van der Waals surface area (Å²) >= 11 is 3.27. The molecule has 0 radical (unpaired) electrons. The van der Waals surface area contributed by atoms with E-state index in [-0.39, 0.29) is 5.91 Å². The first-order chi connectivity index (χ1) is 8.20. The number of ether oxygens (including phenoxy) is 1. The van der Waals surface area contributed by atoms with Crippen LogP contribution in [0.3, 0.4) is 0 Å². The van der Waals surface area contributed by atoms with Crippen LogP contribution >= 0.6 is 15.9 Å². The highest BCUT2D eigenvalue weighted by atomic mass is 79.9. The van der Waals surface area contributed by atoms with Gasteiger partial charge in [-0.25, -0.2) is 4.98 Å². The Hall–Kier alpha value is -0.940. The molecule has 0 bridgehead atoms. The number of halogens is 1. The monoisotopic (exact) mass is 298 g/mol. The average molecular weight is 299 g/mol. The zero-order valence-corrected chi connectivity index (χ0v) is 11.3. The van der Waals surface area contributed by atoms with Crippen molar-refractivity contribution in [1.29, 1.82) is 0 Å². The molecule has 1 unspecified atom stereocenters. The maximum atomic E-state index is 12.2. The predicted octanol–water partition coefficient (Wildman–Crippen LogP) is 1.95. The van der Waals surface area contributed by atoms with Gasteiger partial charge in [-0.15, -0.1) is 0 Å². The Kier molecular flexibility index (Phi) is 4.12. The molecule has 1 aromatic heterocycles. The van der Waals surface area contributed by atoms with E-state index in [1.807, 2.05) is 17.0 Å². The van der Waals surface area contributed by atoms with Gasteiger partial charge in [-0.1, -0.05) is 6.07 Å². The average Bonchev–Trinajstić information content (AvgIpc) is 2.77. The van der Waals surface area contributed by atoms with E-state index in [2.05, 4.69) is 20.9 Å². The SMILES string of the molecule is COCC1CCN(C(=O)c2cccc(Br)n2)C1. The summed E-state index contributed by atoms with van der Waals surface area (Å²) in [6.07, 6.45) is 1.01. The van der Waals surface area contributed by atoms with Crippen molar-refractivity contribution in [3.8, 4) is 0 Å². The van der Waals surface area contributed by atoms with E-state index in [1.54, 1.807) is 13.2 Å². The summed E-state index contributed by atoms with van der Waals surface area (Å²) < 4.78 is 5.81. The van der Waals surface area contributed by atoms with E-state index >= 15 is 0 Å². The van der Waals surface area contributed by atoms with E-state index < -0.39 is 0 Å². The lowest BCUT2D eigenvalue weighted by Crippen LogP contribution is -2.29. The lowest BCUT2D eigenvalue weighted by Gasteiger charge is -2.15. The van der Waals surface area contributed by atoms with Gasteiger partial charge in [-0.2, -0.15) is 0 Å². The number of aromatic nitrogens is 1. The van der Waals surface area contributed by atoms with Crippen LogP contribution < -0.4 is 0 Å². The Morgan fingerprint density at radius 2 is 2.47 bits per heavy atom. The Balaban J connectivity index is 2.02. The molecule has 1 aliphatic heterocycles. The van der Waals surface area contributed by atoms with Crippen molar-refractivity contribution < 1.29 is 9.53 Å². The molecule has 0 aliphatic carbocycles. The highest BCUT2D eigenvalue weighted by Crippen LogP contribution is 2.18. The van der Waals surface area contributed by atoms with Gasteiger partial charge >= 0.3 is 0 Å². The maximum Gasteiger partial charge on any atom is 0.272 e. The number of carbonyl (C=O) groups excluding carboxylic acids is 1. The van der Waals surface area contributed by atoms with Crippen molar-refractivity contribution in [3.63, 3.8) is 0 Å². The molecule has 1 aromatic rings. The van der Waals surface area contributed by atoms with Crippen molar-refractivity contribution in [1.82, 2.24) is 9.88 Å². The van der Waals surface area contributed by atoms with E-state index in [4.69, 9.17) is 4.74 Å². The van der Waals surface area contributed by atoms with Crippen LogP contribution in [0, 0.1) is 5.92 Å². The van der Waals surface area contributed by atoms with Gasteiger partial charge < -0.3 is 9.64 Å². The lowest BCUT2D eigenvalue weighted by molar-refractivity contribution is 0.0769. The zero-order valence-electron chi connectivity index (χ0n) is 9.73. The number of hydrogen-bond donors (Lipinski definition) is 0. The Morgan fingerprint density at radius 1 is 1.65 bits per heavy atom. The minimum absolute atomic E-state index is 0.00454. The maximum absolute atomic E-state index is 12.2. The van der Waals surface area contributed by atoms with Crippen LogP contribution in [0.1, 0.15) is 16.9 Å². The zero-order chi connectivity index (χ0) is 12.3. The molecule has 0 spiro atoms. The normalized spacial score (nSPS) is 19.6. The van der Waals surface area contributed by atoms with E-state index in [0.717, 1.165) is 26.1 Å². The molecule has 1 amide bonds. The van der Waals surface area contributed by atoms with Crippen LogP contribution in [0.25, 0.3) is 0 Å². The van der Waals surface area contributed by atoms with Crippen LogP contribution in [0.15, 0.2) is 22.8 Å². The number of rotatable bonds is 3. The summed E-state index contributed by atoms with van der Waals surface area (Å²) in [5.74, 6) is 0.459. The topological polar surface area (TPSA) is 42.4 Å². The number of hydrogen-bond acceptors (Lipinski definition) is 3. The van der Waals surface area contributed by atoms with Crippen molar-refractivity contribution in [2.24, 2.45) is 5.92 Å². The van der Waals surface area contributed by atoms with Crippen molar-refractivity contribution in [2.75, 3.05) is 26.8 Å². The predicted molar refractivity (Wildman–Crippen MR) is 67.8 cm³/mol. The van der Waals surface area contributed by atoms with Gasteiger partial charge in [0.1, 0.15) is 10.3 Å². The Morgan fingerprint density at radius 3 is 3.18 bits per heavy atom. The first-order valence-corrected chi connectivity index (χ1v) is 6.41. The smallest absolute Gasteiger partial charge is 0.272 e. The van der Waals surface area contributed by atoms with Crippen molar-refractivity contribution in [3.05, 3.63) is 28.5 Å². The fraction of sp³-hybridized carbons (Fsp3) is 0.500. The van der Waals surface area contributed by atoms with E-state index in [9.17, 15) is 4.79 Å². The Bertz CT molecular complexity index is 411. The molecule has 2 rings (SSSR count). The van der Waals surface area contributed by atoms with Crippen LogP contribution in [-0.2, 0) is 4.74 Å². The number of amides is 1. The van der Waals surface area contributed by atoms with E-state index in [1.165, 1.54) is 0 Å². The number of nitrogens with zero attached hydrogens (tertiary/aromatic N) is 2. The third kappa shape index (κ3) is 3.04. The molecule has 92 valence electrons. The highest BCUT2D eigenvalue weighted by molar-refractivity contribution is 9.10. The molecule has 1 aliphatic rings. The number of pyridine rings is 1. The largest absolute Gasteiger partial charge is 0.384 e. The van der Waals surface area contributed by atoms with Crippen LogP contribution in [0.5, 0.6) is 0 Å². The Labute approximate surface area is 109 Å². The summed E-state index contributed by atoms with van der Waals surface area (Å²) in [5.41, 5.74) is 0.498. The minimum atomic E-state index is 0.00454. The molecule has 4 nitrogen and oxygen atoms in total. The molecular formula is C12H15BrN2O2. The number of carbonyl (C=O) groups is 1. The molecule has 5 heteroatoms. The standard InChI is InChI=1S/C12H15BrN2O2/c1-17-8-9-5-6-15(7-9)12(16)10-3-2-4-11(13)14-10/h2-4,9H,5-8H2,1H3. The fourth-order valence-electron chi connectivity index (χ4n) is 2.08. The number of methoxy groups -OCH3 is 1. The molecular weight excluding hydrogens is 284 g/mol. The van der Waals surface area contributed by atoms with Gasteiger partial charge in [0.05, 0.1) is 6.61 Å². The van der Waals surface area contributed by atoms with Crippen molar-refractivity contribution >= 4 is 21.8 Å². The van der Waals surface area contributed by atoms with Gasteiger partial charge in [0.25, 0.3) is 5.91 Å².